The first-order chi connectivity index (χ1) is 16.0. The second-order valence-electron chi connectivity index (χ2n) is 9.64. The summed E-state index contributed by atoms with van der Waals surface area (Å²) in [4.78, 5) is 28.5. The second kappa shape index (κ2) is 9.14. The molecule has 0 fully saturated rings. The standard InChI is InChI=1S/C27H30N4O2S/c1-16-13-29-26(27(5,6)7)30-24(16)22-12-21(8-9-28-22)31-17(2)10-23(19(4)25(31)32)33-14-20-11-18(3)34-15-20/h8-13,15H,14H2,1-7H3. The van der Waals surface area contributed by atoms with Crippen LogP contribution in [0.15, 0.2) is 46.8 Å². The van der Waals surface area contributed by atoms with Gasteiger partial charge in [-0.3, -0.25) is 14.3 Å². The normalized spacial score (nSPS) is 11.6. The summed E-state index contributed by atoms with van der Waals surface area (Å²) in [6.07, 6.45) is 3.55. The molecule has 4 heterocycles. The van der Waals surface area contributed by atoms with Crippen molar-refractivity contribution in [2.75, 3.05) is 0 Å². The zero-order chi connectivity index (χ0) is 24.6. The number of nitrogens with zero attached hydrogens (tertiary/aromatic N) is 4. The lowest BCUT2D eigenvalue weighted by Crippen LogP contribution is -2.23. The van der Waals surface area contributed by atoms with Crippen LogP contribution in [0.5, 0.6) is 5.75 Å². The Morgan fingerprint density at radius 3 is 2.50 bits per heavy atom. The minimum Gasteiger partial charge on any atom is -0.488 e. The molecule has 0 aliphatic heterocycles. The molecule has 176 valence electrons. The van der Waals surface area contributed by atoms with E-state index in [-0.39, 0.29) is 11.0 Å². The van der Waals surface area contributed by atoms with Crippen LogP contribution in [0.25, 0.3) is 17.1 Å². The van der Waals surface area contributed by atoms with Gasteiger partial charge in [-0.1, -0.05) is 20.8 Å². The number of pyridine rings is 2. The van der Waals surface area contributed by atoms with E-state index in [9.17, 15) is 4.79 Å². The summed E-state index contributed by atoms with van der Waals surface area (Å²) < 4.78 is 7.70. The molecule has 4 aromatic rings. The molecule has 0 aromatic carbocycles. The number of hydrogen-bond acceptors (Lipinski definition) is 6. The molecule has 0 bridgehead atoms. The fourth-order valence-electron chi connectivity index (χ4n) is 3.75. The van der Waals surface area contributed by atoms with Gasteiger partial charge in [0, 0.05) is 40.0 Å². The Morgan fingerprint density at radius 1 is 1.06 bits per heavy atom. The van der Waals surface area contributed by atoms with E-state index < -0.39 is 0 Å². The van der Waals surface area contributed by atoms with Crippen molar-refractivity contribution < 1.29 is 4.74 Å². The largest absolute Gasteiger partial charge is 0.488 e. The molecular weight excluding hydrogens is 444 g/mol. The van der Waals surface area contributed by atoms with E-state index >= 15 is 0 Å². The molecule has 7 heteroatoms. The van der Waals surface area contributed by atoms with E-state index in [1.807, 2.05) is 38.2 Å². The zero-order valence-corrected chi connectivity index (χ0v) is 21.6. The van der Waals surface area contributed by atoms with Crippen LogP contribution in [-0.2, 0) is 12.0 Å². The smallest absolute Gasteiger partial charge is 0.261 e. The highest BCUT2D eigenvalue weighted by molar-refractivity contribution is 7.10. The molecule has 0 unspecified atom stereocenters. The number of rotatable bonds is 5. The average molecular weight is 475 g/mol. The maximum atomic E-state index is 13.4. The summed E-state index contributed by atoms with van der Waals surface area (Å²) in [6.45, 7) is 14.4. The van der Waals surface area contributed by atoms with E-state index in [0.717, 1.165) is 34.0 Å². The number of aryl methyl sites for hydroxylation is 3. The van der Waals surface area contributed by atoms with Crippen molar-refractivity contribution in [3.8, 4) is 22.8 Å². The lowest BCUT2D eigenvalue weighted by Gasteiger charge is -2.18. The minimum atomic E-state index is -0.178. The fourth-order valence-corrected chi connectivity index (χ4v) is 4.44. The molecule has 0 atom stereocenters. The maximum absolute atomic E-state index is 13.4. The first-order valence-corrected chi connectivity index (χ1v) is 12.1. The van der Waals surface area contributed by atoms with Gasteiger partial charge in [0.25, 0.3) is 5.56 Å². The van der Waals surface area contributed by atoms with Crippen LogP contribution in [0.3, 0.4) is 0 Å². The number of thiophene rings is 1. The topological polar surface area (TPSA) is 69.9 Å². The highest BCUT2D eigenvalue weighted by Crippen LogP contribution is 2.26. The van der Waals surface area contributed by atoms with E-state index in [4.69, 9.17) is 9.72 Å². The molecule has 0 saturated carbocycles. The molecule has 34 heavy (non-hydrogen) atoms. The van der Waals surface area contributed by atoms with Gasteiger partial charge in [0.05, 0.1) is 22.6 Å². The van der Waals surface area contributed by atoms with Gasteiger partial charge in [-0.05, 0) is 56.8 Å². The molecule has 0 spiro atoms. The highest BCUT2D eigenvalue weighted by atomic mass is 32.1. The molecule has 0 radical (unpaired) electrons. The molecule has 4 rings (SSSR count). The average Bonchev–Trinajstić information content (AvgIpc) is 3.20. The Labute approximate surface area is 204 Å². The zero-order valence-electron chi connectivity index (χ0n) is 20.8. The van der Waals surface area contributed by atoms with E-state index in [2.05, 4.69) is 49.1 Å². The predicted molar refractivity (Wildman–Crippen MR) is 137 cm³/mol. The van der Waals surface area contributed by atoms with Crippen molar-refractivity contribution in [1.29, 1.82) is 0 Å². The Balaban J connectivity index is 1.72. The van der Waals surface area contributed by atoms with Gasteiger partial charge in [-0.25, -0.2) is 9.97 Å². The third-order valence-corrected chi connectivity index (χ3v) is 6.56. The van der Waals surface area contributed by atoms with Gasteiger partial charge in [0.1, 0.15) is 18.2 Å². The summed E-state index contributed by atoms with van der Waals surface area (Å²) in [7, 11) is 0. The van der Waals surface area contributed by atoms with Gasteiger partial charge < -0.3 is 4.74 Å². The van der Waals surface area contributed by atoms with Crippen LogP contribution >= 0.6 is 11.3 Å². The van der Waals surface area contributed by atoms with Crippen molar-refractivity contribution in [2.45, 2.75) is 60.5 Å². The van der Waals surface area contributed by atoms with Crippen LogP contribution < -0.4 is 10.3 Å². The minimum absolute atomic E-state index is 0.108. The summed E-state index contributed by atoms with van der Waals surface area (Å²) >= 11 is 1.69. The Morgan fingerprint density at radius 2 is 1.82 bits per heavy atom. The van der Waals surface area contributed by atoms with Crippen molar-refractivity contribution in [3.05, 3.63) is 85.5 Å². The van der Waals surface area contributed by atoms with Crippen molar-refractivity contribution >= 4 is 11.3 Å². The van der Waals surface area contributed by atoms with Gasteiger partial charge in [-0.15, -0.1) is 11.3 Å². The molecule has 4 aromatic heterocycles. The molecule has 0 aliphatic carbocycles. The molecule has 0 aliphatic rings. The van der Waals surface area contributed by atoms with Crippen molar-refractivity contribution in [1.82, 2.24) is 19.5 Å². The quantitative estimate of drug-likeness (QED) is 0.362. The molecule has 6 nitrogen and oxygen atoms in total. The summed E-state index contributed by atoms with van der Waals surface area (Å²) in [5, 5.41) is 2.08. The lowest BCUT2D eigenvalue weighted by molar-refractivity contribution is 0.303. The van der Waals surface area contributed by atoms with E-state index in [1.54, 1.807) is 29.0 Å². The maximum Gasteiger partial charge on any atom is 0.261 e. The number of hydrogen-bond donors (Lipinski definition) is 0. The molecule has 0 N–H and O–H groups in total. The Bertz CT molecular complexity index is 1410. The predicted octanol–water partition coefficient (Wildman–Crippen LogP) is 5.86. The van der Waals surface area contributed by atoms with Crippen LogP contribution in [0.2, 0.25) is 0 Å². The Hall–Kier alpha value is -3.32. The van der Waals surface area contributed by atoms with Gasteiger partial charge >= 0.3 is 0 Å². The molecule has 0 saturated heterocycles. The molecule has 0 amide bonds. The monoisotopic (exact) mass is 474 g/mol. The van der Waals surface area contributed by atoms with Crippen LogP contribution in [-0.4, -0.2) is 19.5 Å². The molecular formula is C27H30N4O2S. The fraction of sp³-hybridized carbons (Fsp3) is 0.333. The van der Waals surface area contributed by atoms with Crippen molar-refractivity contribution in [3.63, 3.8) is 0 Å². The van der Waals surface area contributed by atoms with E-state index in [0.29, 0.717) is 23.6 Å². The third kappa shape index (κ3) is 4.80. The van der Waals surface area contributed by atoms with Crippen molar-refractivity contribution in [2.24, 2.45) is 0 Å². The lowest BCUT2D eigenvalue weighted by atomic mass is 9.95. The SMILES string of the molecule is Cc1cc(COc2cc(C)n(-c3ccnc(-c4nc(C(C)(C)C)ncc4C)c3)c(=O)c2C)cs1. The van der Waals surface area contributed by atoms with Gasteiger partial charge in [0.15, 0.2) is 0 Å². The summed E-state index contributed by atoms with van der Waals surface area (Å²) in [5.41, 5.74) is 5.35. The number of ether oxygens (including phenoxy) is 1. The van der Waals surface area contributed by atoms with E-state index in [1.165, 1.54) is 4.88 Å². The highest BCUT2D eigenvalue weighted by Gasteiger charge is 2.20. The van der Waals surface area contributed by atoms with Crippen LogP contribution in [0.1, 0.15) is 53.9 Å². The summed E-state index contributed by atoms with van der Waals surface area (Å²) in [5.74, 6) is 1.37. The van der Waals surface area contributed by atoms with Gasteiger partial charge in [-0.2, -0.15) is 0 Å². The first kappa shape index (κ1) is 23.8. The Kier molecular flexibility index (Phi) is 6.41. The van der Waals surface area contributed by atoms with Crippen LogP contribution in [0.4, 0.5) is 0 Å². The summed E-state index contributed by atoms with van der Waals surface area (Å²) in [6, 6.07) is 7.77. The van der Waals surface area contributed by atoms with Gasteiger partial charge in [0.2, 0.25) is 0 Å². The van der Waals surface area contributed by atoms with Crippen LogP contribution in [0, 0.1) is 27.7 Å². The number of aromatic nitrogens is 4. The third-order valence-electron chi connectivity index (χ3n) is 5.65. The second-order valence-corrected chi connectivity index (χ2v) is 10.8. The first-order valence-electron chi connectivity index (χ1n) is 11.3.